The van der Waals surface area contributed by atoms with Crippen LogP contribution in [0.5, 0.6) is 0 Å². The molecule has 4 nitrogen and oxygen atoms in total. The second-order valence-corrected chi connectivity index (χ2v) is 6.63. The average Bonchev–Trinajstić information content (AvgIpc) is 2.86. The Balaban J connectivity index is 2.13. The lowest BCUT2D eigenvalue weighted by Gasteiger charge is -2.27. The summed E-state index contributed by atoms with van der Waals surface area (Å²) in [5.41, 5.74) is -0.0101. The third-order valence-corrected chi connectivity index (χ3v) is 3.54. The van der Waals surface area contributed by atoms with Gasteiger partial charge in [-0.2, -0.15) is 0 Å². The average molecular weight is 310 g/mol. The van der Waals surface area contributed by atoms with Gasteiger partial charge >= 0.3 is 5.97 Å². The minimum Gasteiger partial charge on any atom is -0.458 e. The lowest BCUT2D eigenvalue weighted by molar-refractivity contribution is -0.159. The highest BCUT2D eigenvalue weighted by Gasteiger charge is 2.37. The standard InChI is InChI=1S/C16H20ClNO3/c1-16(2,3)21-15(20)13-5-4-10-18(13)14(19)11-6-8-12(17)9-7-11/h6-9,13H,4-5,10H2,1-3H3/t13-/m1/s1. The number of hydrogen-bond acceptors (Lipinski definition) is 3. The molecule has 0 unspecified atom stereocenters. The first-order chi connectivity index (χ1) is 9.78. The molecule has 0 radical (unpaired) electrons. The third-order valence-electron chi connectivity index (χ3n) is 3.28. The molecule has 0 N–H and O–H groups in total. The molecule has 1 aliphatic rings. The molecule has 1 aromatic carbocycles. The van der Waals surface area contributed by atoms with E-state index >= 15 is 0 Å². The van der Waals surface area contributed by atoms with Gasteiger partial charge in [-0.1, -0.05) is 11.6 Å². The van der Waals surface area contributed by atoms with Crippen LogP contribution in [0.1, 0.15) is 44.0 Å². The van der Waals surface area contributed by atoms with Crippen molar-refractivity contribution < 1.29 is 14.3 Å². The maximum absolute atomic E-state index is 12.5. The second kappa shape index (κ2) is 6.06. The van der Waals surface area contributed by atoms with Crippen LogP contribution in [-0.4, -0.2) is 35.0 Å². The maximum Gasteiger partial charge on any atom is 0.329 e. The van der Waals surface area contributed by atoms with E-state index in [0.717, 1.165) is 6.42 Å². The highest BCUT2D eigenvalue weighted by molar-refractivity contribution is 6.30. The van der Waals surface area contributed by atoms with Crippen molar-refractivity contribution in [1.82, 2.24) is 4.90 Å². The molecule has 1 saturated heterocycles. The molecule has 0 bridgehead atoms. The van der Waals surface area contributed by atoms with Crippen LogP contribution >= 0.6 is 11.6 Å². The Hall–Kier alpha value is -1.55. The summed E-state index contributed by atoms with van der Waals surface area (Å²) < 4.78 is 5.40. The SMILES string of the molecule is CC(C)(C)OC(=O)[C@H]1CCCN1C(=O)c1ccc(Cl)cc1. The van der Waals surface area contributed by atoms with E-state index in [-0.39, 0.29) is 11.9 Å². The molecule has 0 aliphatic carbocycles. The van der Waals surface area contributed by atoms with Gasteiger partial charge in [0.15, 0.2) is 0 Å². The minimum absolute atomic E-state index is 0.153. The smallest absolute Gasteiger partial charge is 0.329 e. The van der Waals surface area contributed by atoms with Crippen molar-refractivity contribution in [3.63, 3.8) is 0 Å². The molecule has 1 aliphatic heterocycles. The van der Waals surface area contributed by atoms with E-state index in [1.54, 1.807) is 29.2 Å². The van der Waals surface area contributed by atoms with Crippen LogP contribution in [-0.2, 0) is 9.53 Å². The van der Waals surface area contributed by atoms with Crippen molar-refractivity contribution in [3.05, 3.63) is 34.9 Å². The van der Waals surface area contributed by atoms with Gasteiger partial charge in [0.1, 0.15) is 11.6 Å². The van der Waals surface area contributed by atoms with Crippen molar-refractivity contribution in [2.75, 3.05) is 6.54 Å². The van der Waals surface area contributed by atoms with E-state index in [4.69, 9.17) is 16.3 Å². The summed E-state index contributed by atoms with van der Waals surface area (Å²) in [6, 6.07) is 6.21. The zero-order valence-corrected chi connectivity index (χ0v) is 13.3. The van der Waals surface area contributed by atoms with Gasteiger partial charge in [-0.25, -0.2) is 4.79 Å². The van der Waals surface area contributed by atoms with Gasteiger partial charge in [0.2, 0.25) is 0 Å². The van der Waals surface area contributed by atoms with Crippen LogP contribution in [0.3, 0.4) is 0 Å². The molecule has 1 fully saturated rings. The normalized spacial score (nSPS) is 18.7. The van der Waals surface area contributed by atoms with Gasteiger partial charge in [0.25, 0.3) is 5.91 Å². The number of halogens is 1. The molecule has 0 spiro atoms. The number of likely N-dealkylation sites (tertiary alicyclic amines) is 1. The molecule has 0 saturated carbocycles. The third kappa shape index (κ3) is 3.97. The van der Waals surface area contributed by atoms with Gasteiger partial charge in [-0.3, -0.25) is 4.79 Å². The highest BCUT2D eigenvalue weighted by atomic mass is 35.5. The van der Waals surface area contributed by atoms with Gasteiger partial charge < -0.3 is 9.64 Å². The van der Waals surface area contributed by atoms with Crippen LogP contribution in [0.25, 0.3) is 0 Å². The van der Waals surface area contributed by atoms with Crippen molar-refractivity contribution in [2.45, 2.75) is 45.3 Å². The Morgan fingerprint density at radius 1 is 1.24 bits per heavy atom. The Labute approximate surface area is 130 Å². The second-order valence-electron chi connectivity index (χ2n) is 6.20. The van der Waals surface area contributed by atoms with Gasteiger partial charge in [0.05, 0.1) is 0 Å². The summed E-state index contributed by atoms with van der Waals surface area (Å²) in [5, 5.41) is 0.580. The van der Waals surface area contributed by atoms with Gasteiger partial charge in [-0.05, 0) is 57.9 Å². The molecule has 1 aromatic rings. The zero-order chi connectivity index (χ0) is 15.6. The predicted octanol–water partition coefficient (Wildman–Crippen LogP) is 3.29. The number of ether oxygens (including phenoxy) is 1. The summed E-state index contributed by atoms with van der Waals surface area (Å²) in [6.07, 6.45) is 1.46. The summed E-state index contributed by atoms with van der Waals surface area (Å²) in [4.78, 5) is 26.3. The quantitative estimate of drug-likeness (QED) is 0.788. The number of hydrogen-bond donors (Lipinski definition) is 0. The Kier molecular flexibility index (Phi) is 4.57. The number of esters is 1. The van der Waals surface area contributed by atoms with E-state index < -0.39 is 11.6 Å². The summed E-state index contributed by atoms with van der Waals surface area (Å²) in [5.74, 6) is -0.484. The Morgan fingerprint density at radius 2 is 1.86 bits per heavy atom. The topological polar surface area (TPSA) is 46.6 Å². The van der Waals surface area contributed by atoms with Crippen LogP contribution < -0.4 is 0 Å². The molecule has 5 heteroatoms. The Morgan fingerprint density at radius 3 is 2.43 bits per heavy atom. The molecule has 2 rings (SSSR count). The molecule has 1 heterocycles. The first-order valence-corrected chi connectivity index (χ1v) is 7.45. The molecule has 1 amide bonds. The van der Waals surface area contributed by atoms with E-state index in [2.05, 4.69) is 0 Å². The van der Waals surface area contributed by atoms with Crippen molar-refractivity contribution >= 4 is 23.5 Å². The van der Waals surface area contributed by atoms with Crippen molar-refractivity contribution in [2.24, 2.45) is 0 Å². The minimum atomic E-state index is -0.547. The largest absolute Gasteiger partial charge is 0.458 e. The van der Waals surface area contributed by atoms with E-state index in [9.17, 15) is 9.59 Å². The van der Waals surface area contributed by atoms with Crippen LogP contribution in [0.2, 0.25) is 5.02 Å². The molecule has 114 valence electrons. The fourth-order valence-electron chi connectivity index (χ4n) is 2.38. The number of benzene rings is 1. The molecule has 0 aromatic heterocycles. The predicted molar refractivity (Wildman–Crippen MR) is 81.4 cm³/mol. The molecular weight excluding hydrogens is 290 g/mol. The molecule has 1 atom stereocenters. The van der Waals surface area contributed by atoms with Gasteiger partial charge in [0, 0.05) is 17.1 Å². The van der Waals surface area contributed by atoms with Crippen LogP contribution in [0, 0.1) is 0 Å². The number of nitrogens with zero attached hydrogens (tertiary/aromatic N) is 1. The molecular formula is C16H20ClNO3. The highest BCUT2D eigenvalue weighted by Crippen LogP contribution is 2.23. The zero-order valence-electron chi connectivity index (χ0n) is 12.6. The lowest BCUT2D eigenvalue weighted by Crippen LogP contribution is -2.43. The van der Waals surface area contributed by atoms with E-state index in [1.807, 2.05) is 20.8 Å². The van der Waals surface area contributed by atoms with Gasteiger partial charge in [-0.15, -0.1) is 0 Å². The van der Waals surface area contributed by atoms with Crippen molar-refractivity contribution in [1.29, 1.82) is 0 Å². The maximum atomic E-state index is 12.5. The summed E-state index contributed by atoms with van der Waals surface area (Å²) in [7, 11) is 0. The number of carbonyl (C=O) groups excluding carboxylic acids is 2. The number of rotatable bonds is 2. The first-order valence-electron chi connectivity index (χ1n) is 7.07. The number of carbonyl (C=O) groups is 2. The first kappa shape index (κ1) is 15.8. The van der Waals surface area contributed by atoms with Crippen molar-refractivity contribution in [3.8, 4) is 0 Å². The number of amides is 1. The monoisotopic (exact) mass is 309 g/mol. The summed E-state index contributed by atoms with van der Waals surface area (Å²) in [6.45, 7) is 6.05. The lowest BCUT2D eigenvalue weighted by atomic mass is 10.1. The van der Waals surface area contributed by atoms with Crippen LogP contribution in [0.15, 0.2) is 24.3 Å². The fourth-order valence-corrected chi connectivity index (χ4v) is 2.51. The fraction of sp³-hybridized carbons (Fsp3) is 0.500. The van der Waals surface area contributed by atoms with E-state index in [0.29, 0.717) is 23.6 Å². The molecule has 21 heavy (non-hydrogen) atoms. The summed E-state index contributed by atoms with van der Waals surface area (Å²) >= 11 is 5.83. The van der Waals surface area contributed by atoms with E-state index in [1.165, 1.54) is 0 Å². The Bertz CT molecular complexity index is 533. The van der Waals surface area contributed by atoms with Crippen LogP contribution in [0.4, 0.5) is 0 Å².